The third-order valence-electron chi connectivity index (χ3n) is 5.02. The molecule has 2 aromatic carbocycles. The van der Waals surface area contributed by atoms with E-state index < -0.39 is 0 Å². The molecule has 0 saturated carbocycles. The van der Waals surface area contributed by atoms with Gasteiger partial charge < -0.3 is 0 Å². The maximum absolute atomic E-state index is 6.17. The van der Waals surface area contributed by atoms with Gasteiger partial charge in [-0.3, -0.25) is 9.97 Å². The zero-order valence-corrected chi connectivity index (χ0v) is 18.6. The van der Waals surface area contributed by atoms with Crippen LogP contribution in [0.15, 0.2) is 89.4 Å². The molecule has 0 unspecified atom stereocenters. The molecule has 0 fully saturated rings. The highest BCUT2D eigenvalue weighted by atomic mass is 79.9. The first kappa shape index (κ1) is 19.8. The molecule has 0 saturated heterocycles. The topological polar surface area (TPSA) is 25.8 Å². The second-order valence-corrected chi connectivity index (χ2v) is 8.81. The average Bonchev–Trinajstić information content (AvgIpc) is 2.74. The van der Waals surface area contributed by atoms with Crippen molar-refractivity contribution < 1.29 is 0 Å². The number of aromatic nitrogens is 2. The minimum atomic E-state index is -0.351. The van der Waals surface area contributed by atoms with Gasteiger partial charge in [-0.1, -0.05) is 63.9 Å². The highest BCUT2D eigenvalue weighted by Gasteiger charge is 2.27. The highest BCUT2D eigenvalue weighted by Crippen LogP contribution is 2.32. The van der Waals surface area contributed by atoms with Gasteiger partial charge >= 0.3 is 0 Å². The predicted molar refractivity (Wildman–Crippen MR) is 124 cm³/mol. The van der Waals surface area contributed by atoms with Crippen LogP contribution >= 0.6 is 27.5 Å². The summed E-state index contributed by atoms with van der Waals surface area (Å²) in [5.74, 6) is 0. The molecule has 4 aromatic rings. The summed E-state index contributed by atoms with van der Waals surface area (Å²) in [7, 11) is 0. The van der Waals surface area contributed by atoms with Crippen LogP contribution in [-0.2, 0) is 5.41 Å². The van der Waals surface area contributed by atoms with Crippen molar-refractivity contribution in [3.8, 4) is 22.5 Å². The number of benzene rings is 2. The molecule has 144 valence electrons. The van der Waals surface area contributed by atoms with Crippen molar-refractivity contribution >= 4 is 27.5 Å². The van der Waals surface area contributed by atoms with Crippen LogP contribution in [0, 0.1) is 0 Å². The van der Waals surface area contributed by atoms with Crippen LogP contribution in [0.2, 0.25) is 5.02 Å². The normalized spacial score (nSPS) is 11.4. The monoisotopic (exact) mass is 462 g/mol. The molecule has 0 radical (unpaired) electrons. The van der Waals surface area contributed by atoms with Crippen molar-refractivity contribution in [1.29, 1.82) is 0 Å². The lowest BCUT2D eigenvalue weighted by molar-refractivity contribution is 0.597. The third-order valence-corrected chi connectivity index (χ3v) is 5.75. The lowest BCUT2D eigenvalue weighted by atomic mass is 9.84. The van der Waals surface area contributed by atoms with E-state index >= 15 is 0 Å². The van der Waals surface area contributed by atoms with Crippen LogP contribution in [0.1, 0.15) is 25.2 Å². The maximum atomic E-state index is 6.17. The van der Waals surface area contributed by atoms with Gasteiger partial charge in [0.2, 0.25) is 0 Å². The molecule has 4 heteroatoms. The summed E-state index contributed by atoms with van der Waals surface area (Å²) >= 11 is 9.71. The summed E-state index contributed by atoms with van der Waals surface area (Å²) in [5, 5.41) is 0.706. The number of halogens is 2. The van der Waals surface area contributed by atoms with E-state index in [1.54, 1.807) is 0 Å². The second-order valence-electron chi connectivity index (χ2n) is 7.46. The lowest BCUT2D eigenvalue weighted by Gasteiger charge is -2.25. The first-order valence-electron chi connectivity index (χ1n) is 9.40. The van der Waals surface area contributed by atoms with E-state index in [-0.39, 0.29) is 5.41 Å². The van der Waals surface area contributed by atoms with Gasteiger partial charge in [0.1, 0.15) is 0 Å². The number of pyridine rings is 2. The van der Waals surface area contributed by atoms with Crippen molar-refractivity contribution in [1.82, 2.24) is 9.97 Å². The molecule has 4 rings (SSSR count). The molecular weight excluding hydrogens is 444 g/mol. The standard InChI is InChI=1S/C25H20BrClN2/c1-25(2,23-13-5-11-21(28-23)17-7-3-9-19(26)15-17)24-14-6-12-22(29-24)18-8-4-10-20(27)16-18/h3-16H,1-2H3. The Kier molecular flexibility index (Phi) is 5.53. The van der Waals surface area contributed by atoms with E-state index in [1.807, 2.05) is 54.6 Å². The Hall–Kier alpha value is -2.49. The van der Waals surface area contributed by atoms with Crippen molar-refractivity contribution in [3.63, 3.8) is 0 Å². The smallest absolute Gasteiger partial charge is 0.0706 e. The number of nitrogens with zero attached hydrogens (tertiary/aromatic N) is 2. The first-order valence-corrected chi connectivity index (χ1v) is 10.6. The average molecular weight is 464 g/mol. The molecule has 2 aromatic heterocycles. The fourth-order valence-corrected chi connectivity index (χ4v) is 3.90. The Morgan fingerprint density at radius 1 is 0.690 bits per heavy atom. The van der Waals surface area contributed by atoms with Crippen LogP contribution in [0.3, 0.4) is 0 Å². The SMILES string of the molecule is CC(C)(c1cccc(-c2cccc(Cl)c2)n1)c1cccc(-c2cccc(Br)c2)n1. The maximum Gasteiger partial charge on any atom is 0.0706 e. The predicted octanol–water partition coefficient (Wildman–Crippen LogP) is 7.55. The molecular formula is C25H20BrClN2. The summed E-state index contributed by atoms with van der Waals surface area (Å²) in [6.45, 7) is 4.31. The number of hydrogen-bond donors (Lipinski definition) is 0. The van der Waals surface area contributed by atoms with Crippen molar-refractivity contribution in [2.45, 2.75) is 19.3 Å². The Balaban J connectivity index is 1.74. The largest absolute Gasteiger partial charge is 0.252 e. The Morgan fingerprint density at radius 2 is 1.21 bits per heavy atom. The minimum absolute atomic E-state index is 0.351. The van der Waals surface area contributed by atoms with Crippen molar-refractivity contribution in [3.05, 3.63) is 106 Å². The Labute approximate surface area is 184 Å². The molecule has 0 bridgehead atoms. The van der Waals surface area contributed by atoms with Crippen LogP contribution in [0.4, 0.5) is 0 Å². The van der Waals surface area contributed by atoms with Crippen LogP contribution in [0.5, 0.6) is 0 Å². The molecule has 0 aliphatic carbocycles. The Bertz CT molecular complexity index is 1080. The fraction of sp³-hybridized carbons (Fsp3) is 0.120. The van der Waals surface area contributed by atoms with Gasteiger partial charge in [0, 0.05) is 26.0 Å². The highest BCUT2D eigenvalue weighted by molar-refractivity contribution is 9.10. The minimum Gasteiger partial charge on any atom is -0.252 e. The quantitative estimate of drug-likeness (QED) is 0.312. The summed E-state index contributed by atoms with van der Waals surface area (Å²) in [6.07, 6.45) is 0. The van der Waals surface area contributed by atoms with Crippen LogP contribution < -0.4 is 0 Å². The molecule has 0 spiro atoms. The van der Waals surface area contributed by atoms with Gasteiger partial charge in [-0.05, 0) is 62.4 Å². The zero-order valence-electron chi connectivity index (χ0n) is 16.2. The van der Waals surface area contributed by atoms with Crippen molar-refractivity contribution in [2.75, 3.05) is 0 Å². The Morgan fingerprint density at radius 3 is 1.76 bits per heavy atom. The summed E-state index contributed by atoms with van der Waals surface area (Å²) in [4.78, 5) is 9.91. The van der Waals surface area contributed by atoms with Gasteiger partial charge in [-0.15, -0.1) is 0 Å². The fourth-order valence-electron chi connectivity index (χ4n) is 3.31. The van der Waals surface area contributed by atoms with E-state index in [2.05, 4.69) is 60.1 Å². The molecule has 0 atom stereocenters. The van der Waals surface area contributed by atoms with E-state index in [9.17, 15) is 0 Å². The summed E-state index contributed by atoms with van der Waals surface area (Å²) < 4.78 is 1.04. The van der Waals surface area contributed by atoms with Crippen LogP contribution in [0.25, 0.3) is 22.5 Å². The van der Waals surface area contributed by atoms with Gasteiger partial charge in [-0.25, -0.2) is 0 Å². The molecule has 2 heterocycles. The summed E-state index contributed by atoms with van der Waals surface area (Å²) in [5.41, 5.74) is 5.53. The lowest BCUT2D eigenvalue weighted by Crippen LogP contribution is -2.22. The van der Waals surface area contributed by atoms with Gasteiger partial charge in [0.15, 0.2) is 0 Å². The second kappa shape index (κ2) is 8.10. The van der Waals surface area contributed by atoms with E-state index in [1.165, 1.54) is 0 Å². The molecule has 2 nitrogen and oxygen atoms in total. The van der Waals surface area contributed by atoms with Gasteiger partial charge in [0.05, 0.1) is 22.8 Å². The molecule has 0 aliphatic rings. The molecule has 0 amide bonds. The number of hydrogen-bond acceptors (Lipinski definition) is 2. The summed E-state index contributed by atoms with van der Waals surface area (Å²) in [6, 6.07) is 28.2. The molecule has 0 N–H and O–H groups in total. The van der Waals surface area contributed by atoms with Gasteiger partial charge in [0.25, 0.3) is 0 Å². The zero-order chi connectivity index (χ0) is 20.4. The third kappa shape index (κ3) is 4.26. The molecule has 29 heavy (non-hydrogen) atoms. The van der Waals surface area contributed by atoms with E-state index in [0.29, 0.717) is 5.02 Å². The molecule has 0 aliphatic heterocycles. The first-order chi connectivity index (χ1) is 13.9. The van der Waals surface area contributed by atoms with Crippen LogP contribution in [-0.4, -0.2) is 9.97 Å². The number of rotatable bonds is 4. The van der Waals surface area contributed by atoms with Gasteiger partial charge in [-0.2, -0.15) is 0 Å². The van der Waals surface area contributed by atoms with E-state index in [0.717, 1.165) is 38.4 Å². The van der Waals surface area contributed by atoms with E-state index in [4.69, 9.17) is 21.6 Å². The van der Waals surface area contributed by atoms with Crippen molar-refractivity contribution in [2.24, 2.45) is 0 Å².